The topological polar surface area (TPSA) is 149 Å². The summed E-state index contributed by atoms with van der Waals surface area (Å²) in [6, 6.07) is 11.4. The van der Waals surface area contributed by atoms with Crippen LogP contribution in [0.4, 0.5) is 28.7 Å². The molecule has 2 saturated heterocycles. The molecule has 0 bridgehead atoms. The minimum absolute atomic E-state index is 0.567. The molecule has 0 atom stereocenters. The molecule has 17 heteroatoms. The summed E-state index contributed by atoms with van der Waals surface area (Å²) in [7, 11) is 0. The van der Waals surface area contributed by atoms with Gasteiger partial charge in [-0.05, 0) is 52.3 Å². The molecule has 2 aliphatic rings. The highest BCUT2D eigenvalue weighted by Crippen LogP contribution is 2.25. The number of hydrogen-bond donors (Lipinski definition) is 2. The fraction of sp³-hybridized carbons (Fsp3) is 0.267. The smallest absolute Gasteiger partial charge is 0.178 e. The lowest BCUT2D eigenvalue weighted by atomic mass is 10.3. The monoisotopic (exact) mass is 740 g/mol. The van der Waals surface area contributed by atoms with Crippen molar-refractivity contribution in [3.8, 4) is 0 Å². The Hall–Kier alpha value is -4.28. The molecule has 0 saturated carbocycles. The highest BCUT2D eigenvalue weighted by Gasteiger charge is 2.13. The van der Waals surface area contributed by atoms with Crippen LogP contribution in [-0.2, 0) is 9.47 Å². The molecular formula is C30H31BrCl2N12O2. The molecule has 244 valence electrons. The van der Waals surface area contributed by atoms with Gasteiger partial charge in [0.25, 0.3) is 0 Å². The lowest BCUT2D eigenvalue weighted by molar-refractivity contribution is 0.122. The summed E-state index contributed by atoms with van der Waals surface area (Å²) < 4.78 is 14.7. The number of nitrogens with two attached hydrogens (primary N) is 1. The van der Waals surface area contributed by atoms with Crippen LogP contribution in [0, 0.1) is 0 Å². The third-order valence-electron chi connectivity index (χ3n) is 7.17. The van der Waals surface area contributed by atoms with Gasteiger partial charge in [-0.3, -0.25) is 0 Å². The van der Waals surface area contributed by atoms with Gasteiger partial charge in [0, 0.05) is 38.6 Å². The van der Waals surface area contributed by atoms with Gasteiger partial charge in [-0.2, -0.15) is 10.2 Å². The van der Waals surface area contributed by atoms with Crippen LogP contribution in [0.5, 0.6) is 0 Å². The number of morpholine rings is 2. The highest BCUT2D eigenvalue weighted by atomic mass is 79.9. The van der Waals surface area contributed by atoms with Gasteiger partial charge in [-0.25, -0.2) is 29.0 Å². The first-order valence-corrected chi connectivity index (χ1v) is 16.2. The molecule has 0 aromatic carbocycles. The van der Waals surface area contributed by atoms with E-state index in [-0.39, 0.29) is 0 Å². The number of anilines is 5. The number of halogens is 3. The molecule has 8 heterocycles. The molecule has 0 unspecified atom stereocenters. The Balaban J connectivity index is 0.000000136. The van der Waals surface area contributed by atoms with E-state index >= 15 is 0 Å². The zero-order valence-electron chi connectivity index (χ0n) is 25.1. The third kappa shape index (κ3) is 8.55. The number of rotatable bonds is 4. The highest BCUT2D eigenvalue weighted by molar-refractivity contribution is 9.10. The van der Waals surface area contributed by atoms with E-state index < -0.39 is 0 Å². The van der Waals surface area contributed by atoms with Gasteiger partial charge in [-0.1, -0.05) is 23.2 Å². The van der Waals surface area contributed by atoms with Crippen molar-refractivity contribution in [1.82, 2.24) is 39.2 Å². The van der Waals surface area contributed by atoms with E-state index in [0.29, 0.717) is 21.5 Å². The number of ether oxygens (including phenoxy) is 2. The summed E-state index contributed by atoms with van der Waals surface area (Å²) >= 11 is 15.2. The summed E-state index contributed by atoms with van der Waals surface area (Å²) in [5, 5.41) is 12.5. The van der Waals surface area contributed by atoms with Crippen molar-refractivity contribution in [1.29, 1.82) is 0 Å². The summed E-state index contributed by atoms with van der Waals surface area (Å²) in [5.74, 6) is 1.30. The van der Waals surface area contributed by atoms with Crippen LogP contribution in [0.3, 0.4) is 0 Å². The van der Waals surface area contributed by atoms with E-state index in [9.17, 15) is 0 Å². The predicted octanol–water partition coefficient (Wildman–Crippen LogP) is 5.00. The maximum absolute atomic E-state index is 6.11. The molecule has 0 amide bonds. The Labute approximate surface area is 288 Å². The van der Waals surface area contributed by atoms with Crippen LogP contribution < -0.4 is 20.9 Å². The summed E-state index contributed by atoms with van der Waals surface area (Å²) in [6.07, 6.45) is 10.1. The van der Waals surface area contributed by atoms with Crippen molar-refractivity contribution in [2.75, 3.05) is 73.5 Å². The largest absolute Gasteiger partial charge is 0.384 e. The Bertz CT molecular complexity index is 1890. The average Bonchev–Trinajstić information content (AvgIpc) is 3.77. The number of hydrogen-bond acceptors (Lipinski definition) is 12. The van der Waals surface area contributed by atoms with Gasteiger partial charge in [0.2, 0.25) is 0 Å². The first-order chi connectivity index (χ1) is 22.9. The zero-order valence-corrected chi connectivity index (χ0v) is 28.2. The molecule has 0 radical (unpaired) electrons. The van der Waals surface area contributed by atoms with Crippen LogP contribution in [0.25, 0.3) is 11.3 Å². The Morgan fingerprint density at radius 3 is 1.83 bits per heavy atom. The second-order valence-electron chi connectivity index (χ2n) is 10.3. The number of nitrogens with one attached hydrogen (secondary N) is 1. The molecule has 2 fully saturated rings. The van der Waals surface area contributed by atoms with Crippen molar-refractivity contribution in [2.45, 2.75) is 0 Å². The Kier molecular flexibility index (Phi) is 10.8. The summed E-state index contributed by atoms with van der Waals surface area (Å²) in [5.41, 5.74) is 9.96. The molecular weight excluding hydrogens is 711 g/mol. The number of nitrogen functional groups attached to an aromatic ring is 1. The summed E-state index contributed by atoms with van der Waals surface area (Å²) in [4.78, 5) is 21.3. The average molecular weight is 742 g/mol. The van der Waals surface area contributed by atoms with E-state index in [0.717, 1.165) is 85.6 Å². The minimum Gasteiger partial charge on any atom is -0.384 e. The van der Waals surface area contributed by atoms with Crippen molar-refractivity contribution in [3.63, 3.8) is 0 Å². The number of aromatic nitrogens is 8. The van der Waals surface area contributed by atoms with Crippen molar-refractivity contribution in [3.05, 3.63) is 88.4 Å². The maximum Gasteiger partial charge on any atom is 0.178 e. The summed E-state index contributed by atoms with van der Waals surface area (Å²) in [6.45, 7) is 6.76. The van der Waals surface area contributed by atoms with Gasteiger partial charge < -0.3 is 30.3 Å². The Morgan fingerprint density at radius 2 is 1.26 bits per heavy atom. The lowest BCUT2D eigenvalue weighted by Gasteiger charge is -2.28. The van der Waals surface area contributed by atoms with Gasteiger partial charge >= 0.3 is 0 Å². The van der Waals surface area contributed by atoms with Gasteiger partial charge in [0.1, 0.15) is 24.3 Å². The molecule has 0 aliphatic carbocycles. The quantitative estimate of drug-likeness (QED) is 0.250. The lowest BCUT2D eigenvalue weighted by Crippen LogP contribution is -2.36. The van der Waals surface area contributed by atoms with Crippen LogP contribution in [0.1, 0.15) is 0 Å². The van der Waals surface area contributed by atoms with Crippen molar-refractivity contribution >= 4 is 79.1 Å². The number of fused-ring (bicyclic) bond motifs is 2. The van der Waals surface area contributed by atoms with Gasteiger partial charge in [0.05, 0.1) is 70.4 Å². The van der Waals surface area contributed by atoms with E-state index in [2.05, 4.69) is 61.2 Å². The predicted molar refractivity (Wildman–Crippen MR) is 186 cm³/mol. The normalized spacial score (nSPS) is 14.7. The third-order valence-corrected chi connectivity index (χ3v) is 8.17. The number of pyridine rings is 4. The first-order valence-electron chi connectivity index (χ1n) is 14.7. The maximum atomic E-state index is 6.11. The molecule has 6 aromatic rings. The first kappa shape index (κ1) is 32.7. The van der Waals surface area contributed by atoms with Crippen LogP contribution in [-0.4, -0.2) is 91.8 Å². The molecule has 8 rings (SSSR count). The fourth-order valence-corrected chi connectivity index (χ4v) is 5.92. The minimum atomic E-state index is 0.567. The Morgan fingerprint density at radius 1 is 0.702 bits per heavy atom. The molecule has 47 heavy (non-hydrogen) atoms. The number of nitrogens with zero attached hydrogens (tertiary/aromatic N) is 10. The van der Waals surface area contributed by atoms with Gasteiger partial charge in [0.15, 0.2) is 11.3 Å². The van der Waals surface area contributed by atoms with Crippen molar-refractivity contribution in [2.24, 2.45) is 0 Å². The standard InChI is InChI=1S/C15H15ClN6O.C9H13N3O.C6H3BrClN3/c16-11-7-13(15-18-10-19-22(15)9-11)20-14-2-1-12(8-17-14)21-3-5-23-6-4-21;10-9-2-1-8(7-11-9)12-3-5-13-6-4-12;7-5-1-4(8)2-11-6(5)9-3-10-11/h1-2,7-10H,3-6H2,(H,17,20);1-2,7H,3-6H2,(H2,10,11);1-3H. The van der Waals surface area contributed by atoms with Crippen LogP contribution >= 0.6 is 39.1 Å². The van der Waals surface area contributed by atoms with E-state index in [1.165, 1.54) is 12.7 Å². The second kappa shape index (κ2) is 15.5. The van der Waals surface area contributed by atoms with E-state index in [1.54, 1.807) is 33.7 Å². The van der Waals surface area contributed by atoms with Crippen molar-refractivity contribution < 1.29 is 9.47 Å². The zero-order chi connectivity index (χ0) is 32.6. The van der Waals surface area contributed by atoms with Crippen LogP contribution in [0.2, 0.25) is 10.0 Å². The molecule has 3 N–H and O–H groups in total. The SMILES string of the molecule is Clc1cc(Br)c2ncnn2c1.Clc1cc(Nc2ccc(N3CCOCC3)cn2)c2ncnn2c1.Nc1ccc(N2CCOCC2)cn1. The molecule has 2 aliphatic heterocycles. The molecule has 6 aromatic heterocycles. The molecule has 14 nitrogen and oxygen atoms in total. The molecule has 0 spiro atoms. The van der Waals surface area contributed by atoms with E-state index in [1.807, 2.05) is 36.5 Å². The second-order valence-corrected chi connectivity index (χ2v) is 12.0. The van der Waals surface area contributed by atoms with Gasteiger partial charge in [-0.15, -0.1) is 0 Å². The van der Waals surface area contributed by atoms with E-state index in [4.69, 9.17) is 38.4 Å². The fourth-order valence-electron chi connectivity index (χ4n) is 4.85. The van der Waals surface area contributed by atoms with Crippen LogP contribution in [0.15, 0.2) is 78.3 Å².